The third-order valence-electron chi connectivity index (χ3n) is 10.1. The molecule has 0 bridgehead atoms. The van der Waals surface area contributed by atoms with Crippen molar-refractivity contribution in [3.05, 3.63) is 30.3 Å². The molecule has 0 saturated heterocycles. The van der Waals surface area contributed by atoms with Gasteiger partial charge in [-0.25, -0.2) is 0 Å². The Bertz CT molecular complexity index is 789. The summed E-state index contributed by atoms with van der Waals surface area (Å²) < 4.78 is 0. The maximum absolute atomic E-state index is 13.5. The van der Waals surface area contributed by atoms with Gasteiger partial charge in [0.2, 0.25) is 5.91 Å². The molecule has 31 heavy (non-hydrogen) atoms. The van der Waals surface area contributed by atoms with Gasteiger partial charge in [0.15, 0.2) is 0 Å². The van der Waals surface area contributed by atoms with E-state index in [2.05, 4.69) is 19.2 Å². The molecule has 0 unspecified atom stereocenters. The molecule has 0 radical (unpaired) electrons. The summed E-state index contributed by atoms with van der Waals surface area (Å²) >= 11 is 0. The van der Waals surface area contributed by atoms with Crippen LogP contribution in [0.15, 0.2) is 30.3 Å². The number of fused-ring (bicyclic) bond motifs is 5. The first-order valence-electron chi connectivity index (χ1n) is 13.0. The highest BCUT2D eigenvalue weighted by atomic mass is 16.3. The Balaban J connectivity index is 1.37. The number of hydrogen-bond acceptors (Lipinski definition) is 2. The van der Waals surface area contributed by atoms with Crippen LogP contribution >= 0.6 is 0 Å². The number of carbonyl (C=O) groups is 1. The zero-order valence-corrected chi connectivity index (χ0v) is 19.5. The van der Waals surface area contributed by atoms with E-state index in [1.807, 2.05) is 30.3 Å². The van der Waals surface area contributed by atoms with Crippen molar-refractivity contribution in [2.24, 2.45) is 40.9 Å². The van der Waals surface area contributed by atoms with Crippen LogP contribution in [0.5, 0.6) is 0 Å². The Kier molecular flexibility index (Phi) is 5.69. The third kappa shape index (κ3) is 3.96. The van der Waals surface area contributed by atoms with Crippen molar-refractivity contribution in [3.63, 3.8) is 0 Å². The van der Waals surface area contributed by atoms with Crippen LogP contribution < -0.4 is 5.32 Å². The fraction of sp³-hybridized carbons (Fsp3) is 0.750. The summed E-state index contributed by atoms with van der Waals surface area (Å²) in [6, 6.07) is 10.0. The lowest BCUT2D eigenvalue weighted by Gasteiger charge is -2.58. The van der Waals surface area contributed by atoms with E-state index >= 15 is 0 Å². The minimum atomic E-state index is -0.444. The van der Waals surface area contributed by atoms with E-state index in [-0.39, 0.29) is 17.2 Å². The van der Waals surface area contributed by atoms with Gasteiger partial charge in [0.1, 0.15) is 0 Å². The van der Waals surface area contributed by atoms with Crippen LogP contribution in [0, 0.1) is 40.9 Å². The Labute approximate surface area is 188 Å². The Morgan fingerprint density at radius 3 is 2.45 bits per heavy atom. The number of para-hydroxylation sites is 1. The fourth-order valence-electron chi connectivity index (χ4n) is 8.63. The molecule has 4 fully saturated rings. The Morgan fingerprint density at radius 2 is 1.65 bits per heavy atom. The van der Waals surface area contributed by atoms with Gasteiger partial charge in [-0.1, -0.05) is 38.0 Å². The number of nitrogens with one attached hydrogen (secondary N) is 1. The second kappa shape index (κ2) is 8.21. The second-order valence-electron chi connectivity index (χ2n) is 11.9. The van der Waals surface area contributed by atoms with E-state index in [9.17, 15) is 9.90 Å². The third-order valence-corrected chi connectivity index (χ3v) is 10.1. The lowest BCUT2D eigenvalue weighted by molar-refractivity contribution is -0.137. The summed E-state index contributed by atoms with van der Waals surface area (Å²) in [5.74, 6) is 4.20. The SMILES string of the molecule is C[C@@]1(O)CC[C@H]2[C@H](CC[C@@H]3[C@@H]2CC[C@]2(C)[C@@H](C(=O)Nc4ccccc4)CCCC[C@@H]32)C1. The molecule has 2 N–H and O–H groups in total. The number of anilines is 1. The summed E-state index contributed by atoms with van der Waals surface area (Å²) in [7, 11) is 0. The summed E-state index contributed by atoms with van der Waals surface area (Å²) in [4.78, 5) is 13.5. The van der Waals surface area contributed by atoms with E-state index in [4.69, 9.17) is 0 Å². The highest BCUT2D eigenvalue weighted by Crippen LogP contribution is 2.62. The van der Waals surface area contributed by atoms with Crippen molar-refractivity contribution in [1.29, 1.82) is 0 Å². The molecule has 0 heterocycles. The molecule has 1 aromatic carbocycles. The van der Waals surface area contributed by atoms with Gasteiger partial charge in [0, 0.05) is 11.6 Å². The molecular weight excluding hydrogens is 382 g/mol. The Hall–Kier alpha value is -1.35. The number of aliphatic hydroxyl groups is 1. The van der Waals surface area contributed by atoms with Crippen molar-refractivity contribution in [1.82, 2.24) is 0 Å². The van der Waals surface area contributed by atoms with Crippen molar-refractivity contribution in [2.45, 2.75) is 90.1 Å². The Morgan fingerprint density at radius 1 is 0.903 bits per heavy atom. The van der Waals surface area contributed by atoms with Gasteiger partial charge >= 0.3 is 0 Å². The summed E-state index contributed by atoms with van der Waals surface area (Å²) in [5, 5.41) is 13.9. The molecule has 5 rings (SSSR count). The van der Waals surface area contributed by atoms with Crippen LogP contribution in [-0.2, 0) is 4.79 Å². The highest BCUT2D eigenvalue weighted by Gasteiger charge is 2.56. The van der Waals surface area contributed by atoms with Crippen molar-refractivity contribution >= 4 is 11.6 Å². The number of carbonyl (C=O) groups excluding carboxylic acids is 1. The first-order valence-corrected chi connectivity index (χ1v) is 13.0. The average Bonchev–Trinajstić information content (AvgIpc) is 2.92. The van der Waals surface area contributed by atoms with Gasteiger partial charge in [0.05, 0.1) is 5.60 Å². The normalized spacial score (nSPS) is 44.9. The van der Waals surface area contributed by atoms with Crippen molar-refractivity contribution in [3.8, 4) is 0 Å². The van der Waals surface area contributed by atoms with Crippen LogP contribution in [0.1, 0.15) is 84.5 Å². The lowest BCUT2D eigenvalue weighted by atomic mass is 9.47. The molecule has 0 aromatic heterocycles. The summed E-state index contributed by atoms with van der Waals surface area (Å²) in [5.41, 5.74) is 0.615. The van der Waals surface area contributed by atoms with Crippen molar-refractivity contribution in [2.75, 3.05) is 5.32 Å². The molecule has 3 heteroatoms. The van der Waals surface area contributed by atoms with Crippen LogP contribution in [0.4, 0.5) is 5.69 Å². The van der Waals surface area contributed by atoms with E-state index < -0.39 is 5.60 Å². The molecule has 4 saturated carbocycles. The lowest BCUT2D eigenvalue weighted by Crippen LogP contribution is -2.53. The van der Waals surface area contributed by atoms with Crippen LogP contribution in [0.3, 0.4) is 0 Å². The standard InChI is InChI=1S/C28H41NO2/c1-27(31)16-14-21-19(18-27)12-13-23-22(21)15-17-28(2)24(23)10-6-7-11-25(28)26(30)29-20-8-4-3-5-9-20/h3-5,8-9,19,21-25,31H,6-7,10-18H2,1-2H3,(H,29,30)/t19-,21+,22-,23-,24+,25-,27-,28+/m1/s1. The van der Waals surface area contributed by atoms with Crippen LogP contribution in [-0.4, -0.2) is 16.6 Å². The quantitative estimate of drug-likeness (QED) is 0.576. The number of hydrogen-bond donors (Lipinski definition) is 2. The predicted octanol–water partition coefficient (Wildman–Crippen LogP) is 6.43. The second-order valence-corrected chi connectivity index (χ2v) is 11.9. The van der Waals surface area contributed by atoms with E-state index in [0.717, 1.165) is 48.6 Å². The van der Waals surface area contributed by atoms with Crippen LogP contribution in [0.2, 0.25) is 0 Å². The van der Waals surface area contributed by atoms with Gasteiger partial charge in [-0.3, -0.25) is 4.79 Å². The summed E-state index contributed by atoms with van der Waals surface area (Å²) in [6.07, 6.45) is 13.1. The fourth-order valence-corrected chi connectivity index (χ4v) is 8.63. The maximum Gasteiger partial charge on any atom is 0.228 e. The monoisotopic (exact) mass is 423 g/mol. The largest absolute Gasteiger partial charge is 0.390 e. The van der Waals surface area contributed by atoms with Gasteiger partial charge in [-0.2, -0.15) is 0 Å². The summed E-state index contributed by atoms with van der Waals surface area (Å²) in [6.45, 7) is 4.51. The average molecular weight is 424 g/mol. The zero-order valence-electron chi connectivity index (χ0n) is 19.5. The molecule has 3 nitrogen and oxygen atoms in total. The van der Waals surface area contributed by atoms with Gasteiger partial charge < -0.3 is 10.4 Å². The van der Waals surface area contributed by atoms with E-state index in [1.54, 1.807) is 0 Å². The topological polar surface area (TPSA) is 49.3 Å². The molecule has 8 atom stereocenters. The highest BCUT2D eigenvalue weighted by molar-refractivity contribution is 5.93. The first kappa shape index (κ1) is 21.5. The number of benzene rings is 1. The maximum atomic E-state index is 13.5. The molecule has 4 aliphatic carbocycles. The zero-order chi connectivity index (χ0) is 21.6. The van der Waals surface area contributed by atoms with Crippen molar-refractivity contribution < 1.29 is 9.90 Å². The molecule has 1 aromatic rings. The minimum Gasteiger partial charge on any atom is -0.390 e. The molecule has 0 spiro atoms. The van der Waals surface area contributed by atoms with Gasteiger partial charge in [-0.05, 0) is 112 Å². The van der Waals surface area contributed by atoms with E-state index in [0.29, 0.717) is 5.92 Å². The molecule has 0 aliphatic heterocycles. The predicted molar refractivity (Wildman–Crippen MR) is 126 cm³/mol. The smallest absolute Gasteiger partial charge is 0.228 e. The number of amides is 1. The van der Waals surface area contributed by atoms with E-state index in [1.165, 1.54) is 51.4 Å². The van der Waals surface area contributed by atoms with Gasteiger partial charge in [0.25, 0.3) is 0 Å². The molecule has 170 valence electrons. The molecule has 4 aliphatic rings. The van der Waals surface area contributed by atoms with Gasteiger partial charge in [-0.15, -0.1) is 0 Å². The first-order chi connectivity index (χ1) is 14.9. The molecular formula is C28H41NO2. The van der Waals surface area contributed by atoms with Crippen LogP contribution in [0.25, 0.3) is 0 Å². The minimum absolute atomic E-state index is 0.128. The number of rotatable bonds is 2. The molecule has 1 amide bonds.